The number of benzene rings is 3. The molecule has 2 aliphatic heterocycles. The number of nitrogens with zero attached hydrogens (tertiary/aromatic N) is 2. The topological polar surface area (TPSA) is 59.0 Å². The Hall–Kier alpha value is -3.38. The van der Waals surface area contributed by atoms with Crippen molar-refractivity contribution in [2.75, 3.05) is 6.54 Å². The van der Waals surface area contributed by atoms with Crippen LogP contribution < -0.4 is 0 Å². The number of carbonyl (C=O) groups excluding carboxylic acids is 2. The van der Waals surface area contributed by atoms with Crippen LogP contribution in [0.4, 0.5) is 10.5 Å². The molecular formula is C29H28N2O3S. The Morgan fingerprint density at radius 2 is 1.60 bits per heavy atom. The van der Waals surface area contributed by atoms with Gasteiger partial charge in [-0.1, -0.05) is 78.5 Å². The zero-order valence-corrected chi connectivity index (χ0v) is 20.9. The Balaban J connectivity index is 1.64. The molecule has 3 aromatic rings. The summed E-state index contributed by atoms with van der Waals surface area (Å²) in [5.74, 6) is -0.863. The number of aliphatic imine (C=N–C) groups is 1. The van der Waals surface area contributed by atoms with Crippen LogP contribution in [0.5, 0.6) is 0 Å². The van der Waals surface area contributed by atoms with E-state index in [0.29, 0.717) is 6.42 Å². The molecule has 0 unspecified atom stereocenters. The van der Waals surface area contributed by atoms with Gasteiger partial charge in [-0.25, -0.2) is 14.7 Å². The Kier molecular flexibility index (Phi) is 6.01. The van der Waals surface area contributed by atoms with Gasteiger partial charge in [-0.05, 0) is 56.5 Å². The summed E-state index contributed by atoms with van der Waals surface area (Å²) >= 11 is 1.60. The van der Waals surface area contributed by atoms with E-state index < -0.39 is 23.0 Å². The number of amides is 2. The third kappa shape index (κ3) is 4.27. The van der Waals surface area contributed by atoms with Gasteiger partial charge in [0, 0.05) is 11.4 Å². The molecule has 5 rings (SSSR count). The fraction of sp³-hybridized carbons (Fsp3) is 0.276. The Labute approximate surface area is 210 Å². The second kappa shape index (κ2) is 9.00. The molecule has 2 atom stereocenters. The van der Waals surface area contributed by atoms with Crippen molar-refractivity contribution in [2.24, 2.45) is 4.99 Å². The molecule has 1 spiro atoms. The smallest absolute Gasteiger partial charge is 0.417 e. The Bertz CT molecular complexity index is 1280. The van der Waals surface area contributed by atoms with Gasteiger partial charge in [-0.15, -0.1) is 0 Å². The van der Waals surface area contributed by atoms with E-state index in [9.17, 15) is 9.59 Å². The first kappa shape index (κ1) is 23.4. The highest BCUT2D eigenvalue weighted by Gasteiger charge is 2.57. The molecule has 2 heterocycles. The lowest BCUT2D eigenvalue weighted by atomic mass is 9.64. The summed E-state index contributed by atoms with van der Waals surface area (Å²) in [6.45, 7) is 5.69. The predicted octanol–water partition coefficient (Wildman–Crippen LogP) is 6.71. The minimum absolute atomic E-state index is 0.255. The molecular weight excluding hydrogens is 456 g/mol. The van der Waals surface area contributed by atoms with Gasteiger partial charge in [0.15, 0.2) is 0 Å². The highest BCUT2D eigenvalue weighted by atomic mass is 32.2. The number of rotatable bonds is 2. The van der Waals surface area contributed by atoms with Gasteiger partial charge < -0.3 is 4.74 Å². The second-order valence-electron chi connectivity index (χ2n) is 9.88. The highest BCUT2D eigenvalue weighted by molar-refractivity contribution is 8.14. The van der Waals surface area contributed by atoms with Gasteiger partial charge >= 0.3 is 6.09 Å². The lowest BCUT2D eigenvalue weighted by Gasteiger charge is -2.45. The van der Waals surface area contributed by atoms with Crippen LogP contribution in [0.2, 0.25) is 0 Å². The van der Waals surface area contributed by atoms with Crippen LogP contribution in [-0.2, 0) is 14.9 Å². The molecule has 2 aliphatic rings. The Morgan fingerprint density at radius 1 is 0.971 bits per heavy atom. The number of fused-ring (bicyclic) bond motifs is 2. The van der Waals surface area contributed by atoms with Gasteiger partial charge in [0.05, 0.1) is 22.1 Å². The molecule has 0 aliphatic carbocycles. The Morgan fingerprint density at radius 3 is 2.29 bits per heavy atom. The van der Waals surface area contributed by atoms with Gasteiger partial charge in [-0.2, -0.15) is 0 Å². The fourth-order valence-corrected chi connectivity index (χ4v) is 6.16. The van der Waals surface area contributed by atoms with Crippen LogP contribution in [0, 0.1) is 0 Å². The van der Waals surface area contributed by atoms with Gasteiger partial charge in [-0.3, -0.25) is 4.79 Å². The maximum absolute atomic E-state index is 14.2. The van der Waals surface area contributed by atoms with Crippen molar-refractivity contribution >= 4 is 34.5 Å². The first-order valence-electron chi connectivity index (χ1n) is 11.8. The first-order valence-corrected chi connectivity index (χ1v) is 12.6. The monoisotopic (exact) mass is 484 g/mol. The number of imide groups is 1. The van der Waals surface area contributed by atoms with E-state index in [4.69, 9.17) is 9.73 Å². The molecule has 0 bridgehead atoms. The fourth-order valence-electron chi connectivity index (χ4n) is 4.99. The zero-order chi connectivity index (χ0) is 24.6. The summed E-state index contributed by atoms with van der Waals surface area (Å²) in [5.41, 5.74) is 1.41. The average Bonchev–Trinajstić information content (AvgIpc) is 3.12. The van der Waals surface area contributed by atoms with Crippen LogP contribution in [0.25, 0.3) is 0 Å². The number of carbonyl (C=O) groups is 2. The van der Waals surface area contributed by atoms with Crippen LogP contribution in [0.15, 0.2) is 94.8 Å². The lowest BCUT2D eigenvalue weighted by Crippen LogP contribution is -2.56. The summed E-state index contributed by atoms with van der Waals surface area (Å²) in [7, 11) is 0. The van der Waals surface area contributed by atoms with Crippen molar-refractivity contribution in [3.8, 4) is 0 Å². The van der Waals surface area contributed by atoms with E-state index in [1.807, 2.05) is 87.5 Å². The molecule has 35 heavy (non-hydrogen) atoms. The van der Waals surface area contributed by atoms with E-state index in [2.05, 4.69) is 18.2 Å². The zero-order valence-electron chi connectivity index (χ0n) is 20.1. The number of likely N-dealkylation sites (tertiary alicyclic amines) is 1. The first-order chi connectivity index (χ1) is 16.8. The van der Waals surface area contributed by atoms with Gasteiger partial charge in [0.25, 0.3) is 0 Å². The van der Waals surface area contributed by atoms with Crippen LogP contribution in [0.3, 0.4) is 0 Å². The standard InChI is InChI=1S/C29H28N2O3S/c1-28(2,3)34-27(33)31-19-18-29(24(25(31)32)20-12-6-4-7-13-20)22-16-10-11-17-23(22)30-26(29)35-21-14-8-5-9-15-21/h4-17,24H,18-19H2,1-3H3/t24-,29+/m0/s1. The normalized spacial score (nSPS) is 21.6. The molecule has 0 saturated carbocycles. The second-order valence-corrected chi connectivity index (χ2v) is 10.9. The number of hydrogen-bond donors (Lipinski definition) is 0. The lowest BCUT2D eigenvalue weighted by molar-refractivity contribution is -0.135. The number of para-hydroxylation sites is 1. The molecule has 0 N–H and O–H groups in total. The van der Waals surface area contributed by atoms with E-state index >= 15 is 0 Å². The van der Waals surface area contributed by atoms with Crippen molar-refractivity contribution in [3.05, 3.63) is 96.1 Å². The summed E-state index contributed by atoms with van der Waals surface area (Å²) in [5, 5.41) is 0.885. The maximum Gasteiger partial charge on any atom is 0.417 e. The summed E-state index contributed by atoms with van der Waals surface area (Å²) in [6.07, 6.45) is -0.0356. The van der Waals surface area contributed by atoms with Crippen molar-refractivity contribution in [3.63, 3.8) is 0 Å². The number of hydrogen-bond acceptors (Lipinski definition) is 5. The maximum atomic E-state index is 14.2. The molecule has 5 nitrogen and oxygen atoms in total. The van der Waals surface area contributed by atoms with E-state index in [-0.39, 0.29) is 12.5 Å². The van der Waals surface area contributed by atoms with Gasteiger partial charge in [0.1, 0.15) is 5.60 Å². The van der Waals surface area contributed by atoms with Crippen molar-refractivity contribution < 1.29 is 14.3 Å². The van der Waals surface area contributed by atoms with Crippen LogP contribution in [0.1, 0.15) is 44.2 Å². The molecule has 0 aromatic heterocycles. The van der Waals surface area contributed by atoms with Crippen LogP contribution in [-0.4, -0.2) is 34.1 Å². The number of piperidine rings is 1. The van der Waals surface area contributed by atoms with E-state index in [0.717, 1.165) is 26.8 Å². The minimum atomic E-state index is -0.690. The number of ether oxygens (including phenoxy) is 1. The summed E-state index contributed by atoms with van der Waals surface area (Å²) < 4.78 is 5.61. The third-order valence-corrected chi connectivity index (χ3v) is 7.59. The van der Waals surface area contributed by atoms with Crippen molar-refractivity contribution in [2.45, 2.75) is 49.0 Å². The highest BCUT2D eigenvalue weighted by Crippen LogP contribution is 2.56. The molecule has 178 valence electrons. The van der Waals surface area contributed by atoms with Gasteiger partial charge in [0.2, 0.25) is 5.91 Å². The third-order valence-electron chi connectivity index (χ3n) is 6.43. The van der Waals surface area contributed by atoms with E-state index in [1.165, 1.54) is 4.90 Å². The van der Waals surface area contributed by atoms with Crippen molar-refractivity contribution in [1.82, 2.24) is 4.90 Å². The molecule has 1 fully saturated rings. The molecule has 0 radical (unpaired) electrons. The predicted molar refractivity (Wildman–Crippen MR) is 139 cm³/mol. The molecule has 1 saturated heterocycles. The summed E-state index contributed by atoms with van der Waals surface area (Å²) in [4.78, 5) is 34.6. The average molecular weight is 485 g/mol. The van der Waals surface area contributed by atoms with E-state index in [1.54, 1.807) is 11.8 Å². The largest absolute Gasteiger partial charge is 0.443 e. The number of thioether (sulfide) groups is 1. The van der Waals surface area contributed by atoms with Crippen LogP contribution >= 0.6 is 11.8 Å². The SMILES string of the molecule is CC(C)(C)OC(=O)N1CC[C@]2(C(Sc3ccccc3)=Nc3ccccc32)[C@@H](c2ccccc2)C1=O. The molecule has 2 amide bonds. The molecule has 3 aromatic carbocycles. The van der Waals surface area contributed by atoms with Crippen molar-refractivity contribution in [1.29, 1.82) is 0 Å². The minimum Gasteiger partial charge on any atom is -0.443 e. The summed E-state index contributed by atoms with van der Waals surface area (Å²) in [6, 6.07) is 27.9. The molecule has 6 heteroatoms. The quantitative estimate of drug-likeness (QED) is 0.406.